The van der Waals surface area contributed by atoms with Gasteiger partial charge < -0.3 is 14.4 Å². The largest absolute Gasteiger partial charge is 0.494 e. The van der Waals surface area contributed by atoms with E-state index in [9.17, 15) is 13.6 Å². The lowest BCUT2D eigenvalue weighted by Crippen LogP contribution is -2.40. The molecule has 32 heavy (non-hydrogen) atoms. The molecule has 3 heterocycles. The molecule has 1 amide bonds. The number of nitrogens with zero attached hydrogens (tertiary/aromatic N) is 5. The maximum absolute atomic E-state index is 14.6. The minimum absolute atomic E-state index is 0.0556. The molecule has 0 bridgehead atoms. The van der Waals surface area contributed by atoms with Crippen molar-refractivity contribution in [3.63, 3.8) is 0 Å². The zero-order valence-electron chi connectivity index (χ0n) is 18.2. The van der Waals surface area contributed by atoms with Crippen LogP contribution in [-0.4, -0.2) is 57.0 Å². The third-order valence-corrected chi connectivity index (χ3v) is 5.59. The summed E-state index contributed by atoms with van der Waals surface area (Å²) in [5, 5.41) is 4.92. The number of rotatable bonds is 5. The highest BCUT2D eigenvalue weighted by Crippen LogP contribution is 2.28. The Morgan fingerprint density at radius 1 is 1.19 bits per heavy atom. The second kappa shape index (κ2) is 9.05. The van der Waals surface area contributed by atoms with Gasteiger partial charge in [-0.3, -0.25) is 0 Å². The first-order chi connectivity index (χ1) is 15.4. The van der Waals surface area contributed by atoms with Gasteiger partial charge in [-0.1, -0.05) is 0 Å². The van der Waals surface area contributed by atoms with Crippen molar-refractivity contribution >= 4 is 17.1 Å². The molecule has 0 radical (unpaired) electrons. The predicted molar refractivity (Wildman–Crippen MR) is 113 cm³/mol. The number of ether oxygens (including phenoxy) is 2. The topological polar surface area (TPSA) is 82.4 Å². The van der Waals surface area contributed by atoms with Gasteiger partial charge in [-0.05, 0) is 39.0 Å². The Morgan fingerprint density at radius 3 is 2.62 bits per heavy atom. The molecule has 1 aromatic carbocycles. The van der Waals surface area contributed by atoms with Gasteiger partial charge in [0.05, 0.1) is 30.5 Å². The summed E-state index contributed by atoms with van der Waals surface area (Å²) in [7, 11) is 1.28. The van der Waals surface area contributed by atoms with Gasteiger partial charge in [0.2, 0.25) is 0 Å². The smallest absolute Gasteiger partial charge is 0.410 e. The number of piperidine rings is 1. The molecule has 0 unspecified atom stereocenters. The van der Waals surface area contributed by atoms with Gasteiger partial charge in [0.1, 0.15) is 12.0 Å². The number of likely N-dealkylation sites (tertiary alicyclic amines) is 1. The van der Waals surface area contributed by atoms with Crippen LogP contribution in [0.1, 0.15) is 32.4 Å². The Labute approximate surface area is 184 Å². The van der Waals surface area contributed by atoms with Crippen molar-refractivity contribution in [2.45, 2.75) is 39.2 Å². The number of carbonyl (C=O) groups is 1. The van der Waals surface area contributed by atoms with Crippen LogP contribution in [-0.2, 0) is 11.2 Å². The number of benzene rings is 1. The average molecular weight is 445 g/mol. The normalized spacial score (nSPS) is 14.9. The fourth-order valence-electron chi connectivity index (χ4n) is 3.94. The van der Waals surface area contributed by atoms with Crippen molar-refractivity contribution in [3.05, 3.63) is 42.0 Å². The maximum Gasteiger partial charge on any atom is 0.410 e. The third kappa shape index (κ3) is 4.35. The highest BCUT2D eigenvalue weighted by Gasteiger charge is 2.26. The van der Waals surface area contributed by atoms with Gasteiger partial charge in [-0.25, -0.2) is 28.2 Å². The number of methoxy groups -OCH3 is 1. The van der Waals surface area contributed by atoms with Crippen molar-refractivity contribution in [3.8, 4) is 11.4 Å². The van der Waals surface area contributed by atoms with Crippen molar-refractivity contribution in [2.24, 2.45) is 5.92 Å². The molecule has 1 aliphatic rings. The minimum Gasteiger partial charge on any atom is -0.494 e. The summed E-state index contributed by atoms with van der Waals surface area (Å²) in [4.78, 5) is 22.5. The van der Waals surface area contributed by atoms with Crippen LogP contribution in [0.3, 0.4) is 0 Å². The fraction of sp³-hybridized carbons (Fsp3) is 0.455. The molecule has 0 aliphatic carbocycles. The fourth-order valence-corrected chi connectivity index (χ4v) is 3.94. The molecule has 1 aliphatic heterocycles. The second-order valence-electron chi connectivity index (χ2n) is 8.12. The standard InChI is InChI=1S/C22H25F2N5O3/c1-13(2)32-22(30)28-6-4-14(5-7-28)8-18-15-11-27-29(21(15)26-12-25-18)19-9-17(24)20(31-3)10-16(19)23/h9-14H,4-8H2,1-3H3. The lowest BCUT2D eigenvalue weighted by atomic mass is 9.91. The number of halogens is 2. The van der Waals surface area contributed by atoms with E-state index in [1.54, 1.807) is 11.1 Å². The van der Waals surface area contributed by atoms with Gasteiger partial charge in [0, 0.05) is 25.2 Å². The molecule has 8 nitrogen and oxygen atoms in total. The average Bonchev–Trinajstić information content (AvgIpc) is 3.20. The van der Waals surface area contributed by atoms with Crippen LogP contribution in [0.25, 0.3) is 16.7 Å². The minimum atomic E-state index is -0.690. The summed E-state index contributed by atoms with van der Waals surface area (Å²) in [6.07, 6.45) is 4.88. The van der Waals surface area contributed by atoms with Gasteiger partial charge in [0.15, 0.2) is 23.0 Å². The molecule has 1 saturated heterocycles. The highest BCUT2D eigenvalue weighted by atomic mass is 19.1. The molecule has 170 valence electrons. The van der Waals surface area contributed by atoms with Crippen LogP contribution in [0, 0.1) is 17.6 Å². The van der Waals surface area contributed by atoms with Gasteiger partial charge in [-0.15, -0.1) is 0 Å². The van der Waals surface area contributed by atoms with Crippen LogP contribution < -0.4 is 4.74 Å². The first kappa shape index (κ1) is 21.9. The van der Waals surface area contributed by atoms with E-state index in [4.69, 9.17) is 9.47 Å². The number of carbonyl (C=O) groups excluding carboxylic acids is 1. The van der Waals surface area contributed by atoms with Crippen molar-refractivity contribution < 1.29 is 23.0 Å². The molecular formula is C22H25F2N5O3. The van der Waals surface area contributed by atoms with Crippen LogP contribution >= 0.6 is 0 Å². The number of amides is 1. The summed E-state index contributed by atoms with van der Waals surface area (Å²) in [6.45, 7) is 4.91. The van der Waals surface area contributed by atoms with E-state index in [1.807, 2.05) is 13.8 Å². The second-order valence-corrected chi connectivity index (χ2v) is 8.12. The van der Waals surface area contributed by atoms with Gasteiger partial charge in [-0.2, -0.15) is 5.10 Å². The summed E-state index contributed by atoms with van der Waals surface area (Å²) < 4.78 is 40.1. The number of hydrogen-bond acceptors (Lipinski definition) is 6. The first-order valence-electron chi connectivity index (χ1n) is 10.5. The molecule has 0 atom stereocenters. The van der Waals surface area contributed by atoms with Gasteiger partial charge >= 0.3 is 6.09 Å². The molecule has 1 fully saturated rings. The Kier molecular flexibility index (Phi) is 6.20. The molecule has 4 rings (SSSR count). The van der Waals surface area contributed by atoms with E-state index in [0.29, 0.717) is 36.5 Å². The quantitative estimate of drug-likeness (QED) is 0.592. The molecule has 0 spiro atoms. The van der Waals surface area contributed by atoms with E-state index < -0.39 is 11.6 Å². The van der Waals surface area contributed by atoms with Crippen LogP contribution in [0.15, 0.2) is 24.7 Å². The Morgan fingerprint density at radius 2 is 1.94 bits per heavy atom. The van der Waals surface area contributed by atoms with E-state index in [-0.39, 0.29) is 23.6 Å². The molecular weight excluding hydrogens is 420 g/mol. The highest BCUT2D eigenvalue weighted by molar-refractivity contribution is 5.78. The maximum atomic E-state index is 14.6. The first-order valence-corrected chi connectivity index (χ1v) is 10.5. The Bertz CT molecular complexity index is 1130. The van der Waals surface area contributed by atoms with Crippen molar-refractivity contribution in [1.82, 2.24) is 24.6 Å². The van der Waals surface area contributed by atoms with Crippen LogP contribution in [0.5, 0.6) is 5.75 Å². The lowest BCUT2D eigenvalue weighted by molar-refractivity contribution is 0.0654. The van der Waals surface area contributed by atoms with E-state index in [1.165, 1.54) is 18.1 Å². The molecule has 0 saturated carbocycles. The molecule has 3 aromatic rings. The van der Waals surface area contributed by atoms with Gasteiger partial charge in [0.25, 0.3) is 0 Å². The predicted octanol–water partition coefficient (Wildman–Crippen LogP) is 3.90. The Balaban J connectivity index is 1.53. The summed E-state index contributed by atoms with van der Waals surface area (Å²) in [6, 6.07) is 2.02. The summed E-state index contributed by atoms with van der Waals surface area (Å²) in [5.74, 6) is -1.21. The number of hydrogen-bond donors (Lipinski definition) is 0. The molecule has 10 heteroatoms. The van der Waals surface area contributed by atoms with Crippen molar-refractivity contribution in [2.75, 3.05) is 20.2 Å². The summed E-state index contributed by atoms with van der Waals surface area (Å²) in [5.41, 5.74) is 1.13. The zero-order chi connectivity index (χ0) is 22.8. The van der Waals surface area contributed by atoms with E-state index >= 15 is 0 Å². The monoisotopic (exact) mass is 445 g/mol. The Hall–Kier alpha value is -3.30. The SMILES string of the molecule is COc1cc(F)c(-n2ncc3c(CC4CCN(C(=O)OC(C)C)CC4)ncnc32)cc1F. The third-order valence-electron chi connectivity index (χ3n) is 5.59. The van der Waals surface area contributed by atoms with E-state index in [2.05, 4.69) is 15.1 Å². The molecule has 2 aromatic heterocycles. The van der Waals surface area contributed by atoms with E-state index in [0.717, 1.165) is 30.7 Å². The lowest BCUT2D eigenvalue weighted by Gasteiger charge is -2.31. The number of fused-ring (bicyclic) bond motifs is 1. The van der Waals surface area contributed by atoms with Crippen LogP contribution in [0.4, 0.5) is 13.6 Å². The number of aromatic nitrogens is 4. The van der Waals surface area contributed by atoms with Crippen molar-refractivity contribution in [1.29, 1.82) is 0 Å². The van der Waals surface area contributed by atoms with Crippen LogP contribution in [0.2, 0.25) is 0 Å². The summed E-state index contributed by atoms with van der Waals surface area (Å²) >= 11 is 0. The zero-order valence-corrected chi connectivity index (χ0v) is 18.2. The molecule has 0 N–H and O–H groups in total.